The van der Waals surface area contributed by atoms with Crippen LogP contribution in [0.25, 0.3) is 11.3 Å². The fraction of sp³-hybridized carbons (Fsp3) is 0.286. The van der Waals surface area contributed by atoms with Gasteiger partial charge in [-0.05, 0) is 30.0 Å². The number of nitrogens with zero attached hydrogens (tertiary/aromatic N) is 4. The zero-order chi connectivity index (χ0) is 26.4. The van der Waals surface area contributed by atoms with Gasteiger partial charge in [0.2, 0.25) is 5.91 Å². The van der Waals surface area contributed by atoms with Crippen molar-refractivity contribution < 1.29 is 9.53 Å². The van der Waals surface area contributed by atoms with Gasteiger partial charge >= 0.3 is 0 Å². The lowest BCUT2D eigenvalue weighted by Crippen LogP contribution is -2.15. The van der Waals surface area contributed by atoms with Crippen LogP contribution in [0.2, 0.25) is 0 Å². The Morgan fingerprint density at radius 3 is 2.54 bits per heavy atom. The maximum atomic E-state index is 12.6. The monoisotopic (exact) mass is 533 g/mol. The molecule has 0 aliphatic rings. The minimum absolute atomic E-state index is 0.0873. The van der Waals surface area contributed by atoms with E-state index in [-0.39, 0.29) is 23.7 Å². The number of amides is 1. The number of ether oxygens (including phenoxy) is 1. The summed E-state index contributed by atoms with van der Waals surface area (Å²) in [6.45, 7) is 13.2. The van der Waals surface area contributed by atoms with Crippen LogP contribution in [0.1, 0.15) is 37.7 Å². The van der Waals surface area contributed by atoms with Crippen molar-refractivity contribution in [3.05, 3.63) is 83.5 Å². The van der Waals surface area contributed by atoms with Crippen LogP contribution in [0.5, 0.6) is 5.75 Å². The lowest BCUT2D eigenvalue weighted by Gasteiger charge is -2.19. The molecule has 9 heteroatoms. The molecule has 0 bridgehead atoms. The van der Waals surface area contributed by atoms with Crippen LogP contribution in [0.15, 0.2) is 71.7 Å². The summed E-state index contributed by atoms with van der Waals surface area (Å²) in [5, 5.41) is 14.6. The maximum absolute atomic E-state index is 12.6. The maximum Gasteiger partial charge on any atom is 0.236 e. The van der Waals surface area contributed by atoms with E-state index >= 15 is 0 Å². The average Bonchev–Trinajstić information content (AvgIpc) is 3.49. The SMILES string of the molecule is C=CCn1c(COc2ccc(C(C)(C)C)cc2)nnc1SCC(=O)Nc1nc(-c2ccc(C)cc2)cs1. The summed E-state index contributed by atoms with van der Waals surface area (Å²) in [4.78, 5) is 17.1. The van der Waals surface area contributed by atoms with E-state index in [0.717, 1.165) is 17.0 Å². The Balaban J connectivity index is 1.34. The van der Waals surface area contributed by atoms with Gasteiger partial charge in [-0.2, -0.15) is 0 Å². The van der Waals surface area contributed by atoms with Crippen molar-refractivity contribution in [2.75, 3.05) is 11.1 Å². The van der Waals surface area contributed by atoms with Crippen molar-refractivity contribution in [3.8, 4) is 17.0 Å². The number of aryl methyl sites for hydroxylation is 1. The van der Waals surface area contributed by atoms with Crippen LogP contribution in [-0.4, -0.2) is 31.4 Å². The second kappa shape index (κ2) is 11.7. The molecule has 37 heavy (non-hydrogen) atoms. The third-order valence-corrected chi connectivity index (χ3v) is 7.35. The Labute approximate surface area is 226 Å². The van der Waals surface area contributed by atoms with Crippen LogP contribution >= 0.6 is 23.1 Å². The first kappa shape index (κ1) is 26.6. The van der Waals surface area contributed by atoms with Crippen LogP contribution in [0, 0.1) is 6.92 Å². The fourth-order valence-electron chi connectivity index (χ4n) is 3.52. The number of carbonyl (C=O) groups is 1. The fourth-order valence-corrected chi connectivity index (χ4v) is 5.02. The molecule has 1 amide bonds. The number of carbonyl (C=O) groups excluding carboxylic acids is 1. The zero-order valence-electron chi connectivity index (χ0n) is 21.5. The van der Waals surface area contributed by atoms with Gasteiger partial charge in [0.05, 0.1) is 11.4 Å². The summed E-state index contributed by atoms with van der Waals surface area (Å²) in [5.74, 6) is 1.47. The number of hydrogen-bond acceptors (Lipinski definition) is 7. The molecule has 4 aromatic rings. The Hall–Kier alpha value is -3.43. The lowest BCUT2D eigenvalue weighted by atomic mass is 9.87. The zero-order valence-corrected chi connectivity index (χ0v) is 23.2. The van der Waals surface area contributed by atoms with Gasteiger partial charge in [0.15, 0.2) is 16.1 Å². The first-order valence-corrected chi connectivity index (χ1v) is 13.8. The van der Waals surface area contributed by atoms with Gasteiger partial charge in [-0.3, -0.25) is 9.36 Å². The molecule has 0 saturated carbocycles. The highest BCUT2D eigenvalue weighted by atomic mass is 32.2. The number of allylic oxidation sites excluding steroid dienone is 1. The molecular weight excluding hydrogens is 502 g/mol. The van der Waals surface area contributed by atoms with Gasteiger partial charge in [-0.25, -0.2) is 4.98 Å². The predicted molar refractivity (Wildman–Crippen MR) is 151 cm³/mol. The van der Waals surface area contributed by atoms with E-state index in [4.69, 9.17) is 4.74 Å². The quantitative estimate of drug-likeness (QED) is 0.185. The van der Waals surface area contributed by atoms with Crippen molar-refractivity contribution in [3.63, 3.8) is 0 Å². The molecule has 4 rings (SSSR count). The van der Waals surface area contributed by atoms with Crippen molar-refractivity contribution in [1.82, 2.24) is 19.7 Å². The van der Waals surface area contributed by atoms with E-state index in [1.54, 1.807) is 6.08 Å². The Bertz CT molecular complexity index is 1350. The summed E-state index contributed by atoms with van der Waals surface area (Å²) in [6.07, 6.45) is 1.78. The van der Waals surface area contributed by atoms with E-state index in [0.29, 0.717) is 22.7 Å². The number of hydrogen-bond donors (Lipinski definition) is 1. The highest BCUT2D eigenvalue weighted by Gasteiger charge is 2.16. The standard InChI is InChI=1S/C28H31N5O2S2/c1-6-15-33-24(16-35-22-13-11-21(12-14-22)28(3,4)5)31-32-27(33)37-18-25(34)30-26-29-23(17-36-26)20-9-7-19(2)8-10-20/h6-14,17H,1,15-16,18H2,2-5H3,(H,29,30,34). The molecule has 0 aliphatic heterocycles. The molecule has 0 saturated heterocycles. The summed E-state index contributed by atoms with van der Waals surface area (Å²) in [7, 11) is 0. The van der Waals surface area contributed by atoms with Crippen LogP contribution < -0.4 is 10.1 Å². The van der Waals surface area contributed by atoms with Crippen molar-refractivity contribution >= 4 is 34.1 Å². The minimum atomic E-state index is -0.153. The number of anilines is 1. The van der Waals surface area contributed by atoms with Gasteiger partial charge in [0.1, 0.15) is 12.4 Å². The van der Waals surface area contributed by atoms with E-state index in [2.05, 4.69) is 60.0 Å². The molecule has 0 atom stereocenters. The second-order valence-corrected chi connectivity index (χ2v) is 11.4. The number of benzene rings is 2. The molecule has 0 radical (unpaired) electrons. The van der Waals surface area contributed by atoms with Gasteiger partial charge in [0.25, 0.3) is 0 Å². The Morgan fingerprint density at radius 1 is 1.14 bits per heavy atom. The van der Waals surface area contributed by atoms with Crippen LogP contribution in [0.4, 0.5) is 5.13 Å². The minimum Gasteiger partial charge on any atom is -0.486 e. The van der Waals surface area contributed by atoms with Gasteiger partial charge in [-0.15, -0.1) is 28.1 Å². The highest BCUT2D eigenvalue weighted by molar-refractivity contribution is 7.99. The number of rotatable bonds is 10. The first-order valence-electron chi connectivity index (χ1n) is 11.9. The van der Waals surface area contributed by atoms with E-state index in [1.807, 2.05) is 53.3 Å². The molecule has 2 aromatic heterocycles. The molecule has 0 fully saturated rings. The van der Waals surface area contributed by atoms with Gasteiger partial charge < -0.3 is 10.1 Å². The molecule has 2 heterocycles. The first-order chi connectivity index (χ1) is 17.7. The van der Waals surface area contributed by atoms with E-state index < -0.39 is 0 Å². The van der Waals surface area contributed by atoms with Crippen molar-refractivity contribution in [1.29, 1.82) is 0 Å². The average molecular weight is 534 g/mol. The molecular formula is C28H31N5O2S2. The van der Waals surface area contributed by atoms with E-state index in [9.17, 15) is 4.79 Å². The largest absolute Gasteiger partial charge is 0.486 e. The topological polar surface area (TPSA) is 81.9 Å². The number of thioether (sulfide) groups is 1. The summed E-state index contributed by atoms with van der Waals surface area (Å²) >= 11 is 2.72. The molecule has 0 aliphatic carbocycles. The molecule has 0 unspecified atom stereocenters. The summed E-state index contributed by atoms with van der Waals surface area (Å²) in [5.41, 5.74) is 4.39. The third-order valence-electron chi connectivity index (χ3n) is 5.62. The number of aromatic nitrogens is 4. The number of nitrogens with one attached hydrogen (secondary N) is 1. The van der Waals surface area contributed by atoms with Gasteiger partial charge in [0, 0.05) is 17.5 Å². The molecule has 192 valence electrons. The smallest absolute Gasteiger partial charge is 0.236 e. The summed E-state index contributed by atoms with van der Waals surface area (Å²) < 4.78 is 7.87. The van der Waals surface area contributed by atoms with E-state index in [1.165, 1.54) is 34.2 Å². The normalized spacial score (nSPS) is 11.4. The molecule has 7 nitrogen and oxygen atoms in total. The Kier molecular flexibility index (Phi) is 8.45. The molecule has 2 aromatic carbocycles. The van der Waals surface area contributed by atoms with Crippen molar-refractivity contribution in [2.24, 2.45) is 0 Å². The summed E-state index contributed by atoms with van der Waals surface area (Å²) in [6, 6.07) is 16.2. The van der Waals surface area contributed by atoms with Crippen LogP contribution in [0.3, 0.4) is 0 Å². The third kappa shape index (κ3) is 7.08. The Morgan fingerprint density at radius 2 is 1.86 bits per heavy atom. The number of thiazole rings is 1. The van der Waals surface area contributed by atoms with Gasteiger partial charge in [-0.1, -0.05) is 80.6 Å². The second-order valence-electron chi connectivity index (χ2n) is 9.60. The molecule has 1 N–H and O–H groups in total. The highest BCUT2D eigenvalue weighted by Crippen LogP contribution is 2.27. The lowest BCUT2D eigenvalue weighted by molar-refractivity contribution is -0.113. The van der Waals surface area contributed by atoms with Crippen LogP contribution in [-0.2, 0) is 23.4 Å². The van der Waals surface area contributed by atoms with Crippen molar-refractivity contribution in [2.45, 2.75) is 51.4 Å². The predicted octanol–water partition coefficient (Wildman–Crippen LogP) is 6.50. The molecule has 0 spiro atoms.